The van der Waals surface area contributed by atoms with E-state index in [1.54, 1.807) is 0 Å². The Hall–Kier alpha value is -1.80. The van der Waals surface area contributed by atoms with E-state index in [1.165, 1.54) is 122 Å². The van der Waals surface area contributed by atoms with Crippen LogP contribution in [0.1, 0.15) is 213 Å². The molecule has 0 saturated heterocycles. The monoisotopic (exact) mass is 893 g/mol. The molecule has 0 aromatic carbocycles. The average molecular weight is 893 g/mol. The van der Waals surface area contributed by atoms with Crippen LogP contribution in [0.5, 0.6) is 0 Å². The minimum atomic E-state index is -4.28. The minimum Gasteiger partial charge on any atom is -0.457 e. The summed E-state index contributed by atoms with van der Waals surface area (Å²) in [5.41, 5.74) is 0. The Kier molecular flexibility index (Phi) is 44.4. The predicted octanol–water partition coefficient (Wildman–Crippen LogP) is 15.7. The normalized spacial score (nSPS) is 14.1. The number of ether oxygens (including phenoxy) is 2. The molecule has 1 N–H and O–H groups in total. The Labute approximate surface area is 383 Å². The van der Waals surface area contributed by atoms with Crippen molar-refractivity contribution in [2.24, 2.45) is 0 Å². The number of hydrogen-bond acceptors (Lipinski definition) is 6. The van der Waals surface area contributed by atoms with Crippen LogP contribution in [-0.4, -0.2) is 75.6 Å². The number of rotatable bonds is 47. The molecular weight excluding hydrogens is 794 g/mol. The van der Waals surface area contributed by atoms with Crippen LogP contribution >= 0.6 is 7.82 Å². The van der Waals surface area contributed by atoms with Crippen LogP contribution in [0.25, 0.3) is 0 Å². The van der Waals surface area contributed by atoms with Gasteiger partial charge in [-0.1, -0.05) is 190 Å². The largest absolute Gasteiger partial charge is 0.472 e. The summed E-state index contributed by atoms with van der Waals surface area (Å²) < 4.78 is 35.1. The van der Waals surface area contributed by atoms with E-state index in [1.807, 2.05) is 21.1 Å². The third-order valence-electron chi connectivity index (χ3n) is 10.8. The van der Waals surface area contributed by atoms with Gasteiger partial charge < -0.3 is 18.9 Å². The molecule has 0 fully saturated rings. The molecule has 0 rings (SSSR count). The summed E-state index contributed by atoms with van der Waals surface area (Å²) in [5, 5.41) is 0. The number of carbonyl (C=O) groups excluding carboxylic acids is 1. The maximum Gasteiger partial charge on any atom is 0.472 e. The maximum atomic E-state index is 12.7. The Bertz CT molecular complexity index is 1170. The van der Waals surface area contributed by atoms with E-state index in [4.69, 9.17) is 18.5 Å². The fraction of sp³-hybridized carbons (Fsp3) is 0.792. The second-order valence-corrected chi connectivity index (χ2v) is 19.6. The molecule has 8 nitrogen and oxygen atoms in total. The van der Waals surface area contributed by atoms with Crippen molar-refractivity contribution in [2.75, 3.05) is 54.1 Å². The number of unbranched alkanes of at least 4 members (excludes halogenated alkanes) is 23. The van der Waals surface area contributed by atoms with Crippen molar-refractivity contribution in [3.05, 3.63) is 60.8 Å². The summed E-state index contributed by atoms with van der Waals surface area (Å²) in [5.74, 6) is -0.323. The van der Waals surface area contributed by atoms with Gasteiger partial charge in [-0.15, -0.1) is 0 Å². The summed E-state index contributed by atoms with van der Waals surface area (Å²) in [6, 6.07) is 0. The number of allylic oxidation sites excluding steroid dienone is 10. The number of phosphoric ester groups is 1. The SMILES string of the molecule is CC/C=C\C/C=C\C/C=C\C/C=C\CCCCCCCCCCCCCOCC(COP(=O)(O)OCC[N+](C)(C)C)OC(=O)CCCCCCC/C=C\CCCCCCCCC. The van der Waals surface area contributed by atoms with Gasteiger partial charge in [0, 0.05) is 13.0 Å². The fourth-order valence-corrected chi connectivity index (χ4v) is 7.63. The zero-order chi connectivity index (χ0) is 45.5. The quantitative estimate of drug-likeness (QED) is 0.0214. The van der Waals surface area contributed by atoms with Crippen molar-refractivity contribution in [3.63, 3.8) is 0 Å². The van der Waals surface area contributed by atoms with Gasteiger partial charge in [-0.3, -0.25) is 13.8 Å². The predicted molar refractivity (Wildman–Crippen MR) is 266 cm³/mol. The van der Waals surface area contributed by atoms with Crippen LogP contribution in [0, 0.1) is 0 Å². The molecule has 0 radical (unpaired) electrons. The summed E-state index contributed by atoms with van der Waals surface area (Å²) in [6.45, 7) is 5.50. The lowest BCUT2D eigenvalue weighted by Gasteiger charge is -2.24. The second kappa shape index (κ2) is 45.8. The highest BCUT2D eigenvalue weighted by molar-refractivity contribution is 7.47. The van der Waals surface area contributed by atoms with E-state index in [9.17, 15) is 14.3 Å². The molecule has 0 aliphatic carbocycles. The van der Waals surface area contributed by atoms with E-state index in [0.29, 0.717) is 24.1 Å². The zero-order valence-corrected chi connectivity index (χ0v) is 42.0. The highest BCUT2D eigenvalue weighted by Crippen LogP contribution is 2.43. The van der Waals surface area contributed by atoms with E-state index in [2.05, 4.69) is 74.6 Å². The molecule has 62 heavy (non-hydrogen) atoms. The average Bonchev–Trinajstić information content (AvgIpc) is 3.23. The molecule has 2 atom stereocenters. The van der Waals surface area contributed by atoms with Crippen molar-refractivity contribution >= 4 is 13.8 Å². The summed E-state index contributed by atoms with van der Waals surface area (Å²) in [6.07, 6.45) is 58.4. The Balaban J connectivity index is 4.13. The van der Waals surface area contributed by atoms with Gasteiger partial charge in [-0.05, 0) is 77.0 Å². The lowest BCUT2D eigenvalue weighted by molar-refractivity contribution is -0.870. The Morgan fingerprint density at radius 2 is 0.935 bits per heavy atom. The number of quaternary nitrogens is 1. The molecule has 2 unspecified atom stereocenters. The van der Waals surface area contributed by atoms with E-state index < -0.39 is 13.9 Å². The number of esters is 1. The van der Waals surface area contributed by atoms with Crippen molar-refractivity contribution in [1.82, 2.24) is 0 Å². The first-order chi connectivity index (χ1) is 30.1. The maximum absolute atomic E-state index is 12.7. The summed E-state index contributed by atoms with van der Waals surface area (Å²) in [4.78, 5) is 23.0. The fourth-order valence-electron chi connectivity index (χ4n) is 6.89. The third kappa shape index (κ3) is 49.2. The topological polar surface area (TPSA) is 91.3 Å². The van der Waals surface area contributed by atoms with E-state index in [0.717, 1.165) is 70.6 Å². The van der Waals surface area contributed by atoms with E-state index in [-0.39, 0.29) is 25.8 Å². The number of nitrogens with zero attached hydrogens (tertiary/aromatic N) is 1. The molecule has 0 aliphatic rings. The number of hydrogen-bond donors (Lipinski definition) is 1. The molecule has 0 aliphatic heterocycles. The van der Waals surface area contributed by atoms with Crippen molar-refractivity contribution in [3.8, 4) is 0 Å². The molecule has 0 bridgehead atoms. The molecule has 0 amide bonds. The first-order valence-electron chi connectivity index (χ1n) is 25.5. The molecule has 0 spiro atoms. The molecular formula is C53H99NO7P+. The van der Waals surface area contributed by atoms with Gasteiger partial charge >= 0.3 is 13.8 Å². The standard InChI is InChI=1S/C53H98NO7P/c1-6-8-10-12-14-16-18-20-22-24-25-26-27-28-29-30-31-33-35-37-39-41-43-45-48-58-50-52(51-60-62(56,57)59-49-47-54(3,4)5)61-53(55)46-44-42-40-38-36-34-32-23-21-19-17-15-13-11-9-7-2/h8,10,14,16,20,22-23,25-26,32,52H,6-7,9,11-13,15,17-19,21,24,27-31,33-51H2,1-5H3/p+1/b10-8-,16-14-,22-20-,26-25-,32-23-. The number of phosphoric acid groups is 1. The van der Waals surface area contributed by atoms with E-state index >= 15 is 0 Å². The van der Waals surface area contributed by atoms with Crippen LogP contribution < -0.4 is 0 Å². The smallest absolute Gasteiger partial charge is 0.457 e. The first kappa shape index (κ1) is 60.2. The lowest BCUT2D eigenvalue weighted by atomic mass is 10.1. The summed E-state index contributed by atoms with van der Waals surface area (Å²) in [7, 11) is 1.66. The van der Waals surface area contributed by atoms with Gasteiger partial charge in [-0.25, -0.2) is 4.57 Å². The lowest BCUT2D eigenvalue weighted by Crippen LogP contribution is -2.37. The molecule has 0 heterocycles. The van der Waals surface area contributed by atoms with Crippen LogP contribution in [-0.2, 0) is 27.9 Å². The van der Waals surface area contributed by atoms with Crippen LogP contribution in [0.3, 0.4) is 0 Å². The van der Waals surface area contributed by atoms with Gasteiger partial charge in [0.05, 0.1) is 34.4 Å². The minimum absolute atomic E-state index is 0.0849. The van der Waals surface area contributed by atoms with Gasteiger partial charge in [0.25, 0.3) is 0 Å². The highest BCUT2D eigenvalue weighted by atomic mass is 31.2. The molecule has 0 saturated carbocycles. The summed E-state index contributed by atoms with van der Waals surface area (Å²) >= 11 is 0. The molecule has 0 aromatic heterocycles. The molecule has 0 aromatic rings. The van der Waals surface area contributed by atoms with Crippen LogP contribution in [0.2, 0.25) is 0 Å². The van der Waals surface area contributed by atoms with Gasteiger partial charge in [0.2, 0.25) is 0 Å². The van der Waals surface area contributed by atoms with Gasteiger partial charge in [-0.2, -0.15) is 0 Å². The van der Waals surface area contributed by atoms with Crippen molar-refractivity contribution < 1.29 is 37.3 Å². The van der Waals surface area contributed by atoms with Gasteiger partial charge in [0.1, 0.15) is 19.3 Å². The second-order valence-electron chi connectivity index (χ2n) is 18.2. The zero-order valence-electron chi connectivity index (χ0n) is 41.1. The van der Waals surface area contributed by atoms with Crippen molar-refractivity contribution in [1.29, 1.82) is 0 Å². The van der Waals surface area contributed by atoms with Gasteiger partial charge in [0.15, 0.2) is 0 Å². The van der Waals surface area contributed by atoms with Crippen LogP contribution in [0.15, 0.2) is 60.8 Å². The Morgan fingerprint density at radius 3 is 1.42 bits per heavy atom. The van der Waals surface area contributed by atoms with Crippen molar-refractivity contribution in [2.45, 2.75) is 219 Å². The molecule has 9 heteroatoms. The molecule has 362 valence electrons. The third-order valence-corrected chi connectivity index (χ3v) is 11.8. The number of likely N-dealkylation sites (N-methyl/N-ethyl adjacent to an activating group) is 1. The Morgan fingerprint density at radius 1 is 0.516 bits per heavy atom. The number of carbonyl (C=O) groups is 1. The first-order valence-corrected chi connectivity index (χ1v) is 27.0. The highest BCUT2D eigenvalue weighted by Gasteiger charge is 2.26. The van der Waals surface area contributed by atoms with Crippen LogP contribution in [0.4, 0.5) is 0 Å².